The maximum atomic E-state index is 12.9. The van der Waals surface area contributed by atoms with Crippen LogP contribution in [-0.2, 0) is 0 Å². The number of carbonyl (C=O) groups is 1. The lowest BCUT2D eigenvalue weighted by Crippen LogP contribution is -2.13. The number of nitrogens with one attached hydrogen (secondary N) is 1. The van der Waals surface area contributed by atoms with E-state index in [0.717, 1.165) is 16.1 Å². The monoisotopic (exact) mass is 341 g/mol. The number of carbonyl (C=O) groups excluding carboxylic acids is 1. The van der Waals surface area contributed by atoms with Crippen molar-refractivity contribution in [2.75, 3.05) is 5.32 Å². The van der Waals surface area contributed by atoms with E-state index < -0.39 is 5.82 Å². The first-order chi connectivity index (χ1) is 8.97. The van der Waals surface area contributed by atoms with Gasteiger partial charge >= 0.3 is 0 Å². The third-order valence-electron chi connectivity index (χ3n) is 2.55. The van der Waals surface area contributed by atoms with Gasteiger partial charge in [0.15, 0.2) is 0 Å². The van der Waals surface area contributed by atoms with Crippen molar-refractivity contribution in [1.82, 2.24) is 0 Å². The van der Waals surface area contributed by atoms with Gasteiger partial charge in [-0.25, -0.2) is 4.39 Å². The van der Waals surface area contributed by atoms with Gasteiger partial charge in [-0.3, -0.25) is 4.79 Å². The molecule has 98 valence electrons. The van der Waals surface area contributed by atoms with E-state index >= 15 is 0 Å². The first-order valence-corrected chi connectivity index (χ1v) is 6.67. The Labute approximate surface area is 123 Å². The van der Waals surface area contributed by atoms with Crippen LogP contribution in [0.1, 0.15) is 15.9 Å². The Balaban J connectivity index is 2.25. The smallest absolute Gasteiger partial charge is 0.257 e. The third kappa shape index (κ3) is 3.33. The van der Waals surface area contributed by atoms with Gasteiger partial charge in [0.2, 0.25) is 0 Å². The fraction of sp³-hybridized carbons (Fsp3) is 0.0714. The van der Waals surface area contributed by atoms with Crippen molar-refractivity contribution in [2.24, 2.45) is 0 Å². The number of amides is 1. The molecule has 0 aliphatic rings. The minimum atomic E-state index is -0.474. The molecule has 0 atom stereocenters. The van der Waals surface area contributed by atoms with Crippen molar-refractivity contribution < 1.29 is 9.18 Å². The van der Waals surface area contributed by atoms with Crippen LogP contribution in [0.3, 0.4) is 0 Å². The second-order valence-electron chi connectivity index (χ2n) is 4.06. The first kappa shape index (κ1) is 14.0. The molecule has 0 unspecified atom stereocenters. The predicted molar refractivity (Wildman–Crippen MR) is 78.2 cm³/mol. The zero-order valence-corrected chi connectivity index (χ0v) is 12.3. The Morgan fingerprint density at radius 2 is 2.00 bits per heavy atom. The summed E-state index contributed by atoms with van der Waals surface area (Å²) in [6.07, 6.45) is 0. The van der Waals surface area contributed by atoms with E-state index in [4.69, 9.17) is 11.6 Å². The van der Waals surface area contributed by atoms with Crippen molar-refractivity contribution in [2.45, 2.75) is 6.92 Å². The lowest BCUT2D eigenvalue weighted by Gasteiger charge is -2.09. The largest absolute Gasteiger partial charge is 0.321 e. The summed E-state index contributed by atoms with van der Waals surface area (Å²) >= 11 is 9.21. The molecule has 0 spiro atoms. The highest BCUT2D eigenvalue weighted by Gasteiger charge is 2.12. The predicted octanol–water partition coefficient (Wildman–Crippen LogP) is 4.80. The highest BCUT2D eigenvalue weighted by Crippen LogP contribution is 2.25. The van der Waals surface area contributed by atoms with E-state index in [1.54, 1.807) is 6.07 Å². The van der Waals surface area contributed by atoms with Crippen LogP contribution in [0.15, 0.2) is 40.9 Å². The molecule has 1 N–H and O–H groups in total. The first-order valence-electron chi connectivity index (χ1n) is 5.50. The Kier molecular flexibility index (Phi) is 4.22. The van der Waals surface area contributed by atoms with Gasteiger partial charge in [0.05, 0.1) is 16.3 Å². The molecule has 0 aromatic heterocycles. The molecule has 0 heterocycles. The van der Waals surface area contributed by atoms with Gasteiger partial charge in [0.25, 0.3) is 5.91 Å². The minimum Gasteiger partial charge on any atom is -0.321 e. The highest BCUT2D eigenvalue weighted by molar-refractivity contribution is 9.10. The molecule has 0 saturated heterocycles. The van der Waals surface area contributed by atoms with Crippen molar-refractivity contribution in [3.63, 3.8) is 0 Å². The third-order valence-corrected chi connectivity index (χ3v) is 3.52. The van der Waals surface area contributed by atoms with Crippen LogP contribution in [0.4, 0.5) is 10.1 Å². The van der Waals surface area contributed by atoms with Gasteiger partial charge in [-0.1, -0.05) is 17.7 Å². The normalized spacial score (nSPS) is 10.3. The standard InChI is InChI=1S/C14H10BrClFNO/c1-8-2-5-13(11(15)6-8)18-14(19)10-4-3-9(17)7-12(10)16/h2-7H,1H3,(H,18,19). The topological polar surface area (TPSA) is 29.1 Å². The fourth-order valence-electron chi connectivity index (χ4n) is 1.58. The summed E-state index contributed by atoms with van der Waals surface area (Å²) in [7, 11) is 0. The van der Waals surface area contributed by atoms with Gasteiger partial charge < -0.3 is 5.32 Å². The Hall–Kier alpha value is -1.39. The van der Waals surface area contributed by atoms with Gasteiger partial charge in [0, 0.05) is 4.47 Å². The molecule has 2 aromatic carbocycles. The number of hydrogen-bond donors (Lipinski definition) is 1. The maximum absolute atomic E-state index is 12.9. The van der Waals surface area contributed by atoms with Crippen LogP contribution in [0.25, 0.3) is 0 Å². The molecule has 0 fully saturated rings. The van der Waals surface area contributed by atoms with Crippen LogP contribution in [0, 0.1) is 12.7 Å². The van der Waals surface area contributed by atoms with Gasteiger partial charge in [0.1, 0.15) is 5.82 Å². The molecule has 2 nitrogen and oxygen atoms in total. The quantitative estimate of drug-likeness (QED) is 0.834. The summed E-state index contributed by atoms with van der Waals surface area (Å²) in [5, 5.41) is 2.81. The number of hydrogen-bond acceptors (Lipinski definition) is 1. The Morgan fingerprint density at radius 1 is 1.26 bits per heavy atom. The highest BCUT2D eigenvalue weighted by atomic mass is 79.9. The van der Waals surface area contributed by atoms with Crippen molar-refractivity contribution in [3.8, 4) is 0 Å². The number of benzene rings is 2. The zero-order valence-electron chi connectivity index (χ0n) is 10.0. The van der Waals surface area contributed by atoms with E-state index in [1.807, 2.05) is 19.1 Å². The molecule has 0 aliphatic carbocycles. The Bertz CT molecular complexity index is 645. The van der Waals surface area contributed by atoms with E-state index in [-0.39, 0.29) is 16.5 Å². The second-order valence-corrected chi connectivity index (χ2v) is 5.32. The fourth-order valence-corrected chi connectivity index (χ4v) is 2.43. The van der Waals surface area contributed by atoms with Crippen LogP contribution in [0.5, 0.6) is 0 Å². The summed E-state index contributed by atoms with van der Waals surface area (Å²) < 4.78 is 13.7. The lowest BCUT2D eigenvalue weighted by atomic mass is 10.2. The second kappa shape index (κ2) is 5.72. The lowest BCUT2D eigenvalue weighted by molar-refractivity contribution is 0.102. The molecule has 0 saturated carbocycles. The summed E-state index contributed by atoms with van der Waals surface area (Å²) in [5.41, 5.74) is 1.94. The number of anilines is 1. The molecular weight excluding hydrogens is 333 g/mol. The Morgan fingerprint density at radius 3 is 2.63 bits per heavy atom. The molecule has 5 heteroatoms. The molecule has 2 aromatic rings. The average molecular weight is 343 g/mol. The molecule has 1 amide bonds. The number of rotatable bonds is 2. The van der Waals surface area contributed by atoms with Crippen molar-refractivity contribution in [1.29, 1.82) is 0 Å². The maximum Gasteiger partial charge on any atom is 0.257 e. The average Bonchev–Trinajstić information content (AvgIpc) is 2.32. The van der Waals surface area contributed by atoms with Crippen molar-refractivity contribution >= 4 is 39.1 Å². The van der Waals surface area contributed by atoms with Crippen LogP contribution < -0.4 is 5.32 Å². The number of halogens is 3. The van der Waals surface area contributed by atoms with Crippen LogP contribution in [-0.4, -0.2) is 5.91 Å². The molecule has 0 bridgehead atoms. The van der Waals surface area contributed by atoms with Crippen LogP contribution >= 0.6 is 27.5 Å². The molecular formula is C14H10BrClFNO. The van der Waals surface area contributed by atoms with Crippen molar-refractivity contribution in [3.05, 3.63) is 62.8 Å². The van der Waals surface area contributed by atoms with Crippen LogP contribution in [0.2, 0.25) is 5.02 Å². The number of aryl methyl sites for hydroxylation is 1. The molecule has 2 rings (SSSR count). The minimum absolute atomic E-state index is 0.0840. The summed E-state index contributed by atoms with van der Waals surface area (Å²) in [4.78, 5) is 12.0. The molecule has 19 heavy (non-hydrogen) atoms. The summed E-state index contributed by atoms with van der Waals surface area (Å²) in [5.74, 6) is -0.854. The van der Waals surface area contributed by atoms with Gasteiger partial charge in [-0.2, -0.15) is 0 Å². The molecule has 0 radical (unpaired) electrons. The SMILES string of the molecule is Cc1ccc(NC(=O)c2ccc(F)cc2Cl)c(Br)c1. The molecule has 0 aliphatic heterocycles. The van der Waals surface area contributed by atoms with Gasteiger partial charge in [-0.05, 0) is 58.7 Å². The van der Waals surface area contributed by atoms with Gasteiger partial charge in [-0.15, -0.1) is 0 Å². The summed E-state index contributed by atoms with van der Waals surface area (Å²) in [6, 6.07) is 9.23. The van der Waals surface area contributed by atoms with E-state index in [2.05, 4.69) is 21.2 Å². The van der Waals surface area contributed by atoms with E-state index in [1.165, 1.54) is 12.1 Å². The summed E-state index contributed by atoms with van der Waals surface area (Å²) in [6.45, 7) is 1.95. The zero-order chi connectivity index (χ0) is 14.0. The van der Waals surface area contributed by atoms with E-state index in [0.29, 0.717) is 5.69 Å². The van der Waals surface area contributed by atoms with E-state index in [9.17, 15) is 9.18 Å².